The fourth-order valence-electron chi connectivity index (χ4n) is 1.14. The van der Waals surface area contributed by atoms with Gasteiger partial charge in [-0.3, -0.25) is 0 Å². The average molecular weight is 228 g/mol. The second-order valence-electron chi connectivity index (χ2n) is 4.73. The van der Waals surface area contributed by atoms with Crippen molar-refractivity contribution >= 4 is 16.1 Å². The van der Waals surface area contributed by atoms with Crippen molar-refractivity contribution in [2.24, 2.45) is 0 Å². The molecule has 0 spiro atoms. The Labute approximate surface area is 94.8 Å². The van der Waals surface area contributed by atoms with Gasteiger partial charge in [-0.25, -0.2) is 0 Å². The highest BCUT2D eigenvalue weighted by molar-refractivity contribution is 6.96. The van der Waals surface area contributed by atoms with Crippen LogP contribution >= 0.6 is 0 Å². The smallest absolute Gasteiger partial charge is 0.131 e. The fourth-order valence-corrected chi connectivity index (χ4v) is 4.80. The van der Waals surface area contributed by atoms with Crippen LogP contribution in [0.15, 0.2) is 29.2 Å². The van der Waals surface area contributed by atoms with Gasteiger partial charge in [-0.15, -0.1) is 28.8 Å². The zero-order valence-electron chi connectivity index (χ0n) is 9.81. The van der Waals surface area contributed by atoms with Crippen LogP contribution in [0.2, 0.25) is 26.2 Å². The number of terminal acetylenes is 1. The molecule has 0 radical (unpaired) electrons. The molecule has 15 heavy (non-hydrogen) atoms. The van der Waals surface area contributed by atoms with Crippen LogP contribution in [-0.4, -0.2) is 16.1 Å². The molecule has 0 fully saturated rings. The molecule has 76 valence electrons. The predicted molar refractivity (Wildman–Crippen MR) is 72.3 cm³/mol. The average Bonchev–Trinajstić information content (AvgIpc) is 2.69. The Morgan fingerprint density at radius 1 is 1.20 bits per heavy atom. The lowest BCUT2D eigenvalue weighted by atomic mass is 10.6. The van der Waals surface area contributed by atoms with E-state index in [-0.39, 0.29) is 0 Å². The standard InChI is InChI=1S/C13H16Si2/c1-6-14(2,3)11-12-15(4,5)13-9-7-8-10-13/h1,7-9H,2-5H3. The lowest BCUT2D eigenvalue weighted by molar-refractivity contribution is 1.77. The maximum absolute atomic E-state index is 5.47. The molecule has 0 saturated carbocycles. The highest BCUT2D eigenvalue weighted by Gasteiger charge is 2.24. The summed E-state index contributed by atoms with van der Waals surface area (Å²) in [7, 11) is -3.34. The first kappa shape index (κ1) is 11.9. The van der Waals surface area contributed by atoms with Crippen molar-refractivity contribution in [2.75, 3.05) is 0 Å². The van der Waals surface area contributed by atoms with Gasteiger partial charge in [0.05, 0.1) is 0 Å². The van der Waals surface area contributed by atoms with E-state index in [1.54, 1.807) is 0 Å². The van der Waals surface area contributed by atoms with Gasteiger partial charge in [-0.2, -0.15) is 0 Å². The second-order valence-corrected chi connectivity index (χ2v) is 12.6. The zero-order valence-corrected chi connectivity index (χ0v) is 11.8. The van der Waals surface area contributed by atoms with E-state index < -0.39 is 16.1 Å². The molecule has 0 heterocycles. The number of hydrogen-bond donors (Lipinski definition) is 0. The summed E-state index contributed by atoms with van der Waals surface area (Å²) in [4.78, 5) is 0. The summed E-state index contributed by atoms with van der Waals surface area (Å²) < 4.78 is 0. The van der Waals surface area contributed by atoms with Crippen molar-refractivity contribution in [1.82, 2.24) is 0 Å². The van der Waals surface area contributed by atoms with E-state index in [0.29, 0.717) is 0 Å². The minimum atomic E-state index is -1.71. The van der Waals surface area contributed by atoms with Gasteiger partial charge in [-0.1, -0.05) is 25.2 Å². The van der Waals surface area contributed by atoms with E-state index in [1.165, 1.54) is 5.20 Å². The molecule has 1 rings (SSSR count). The summed E-state index contributed by atoms with van der Waals surface area (Å²) in [5.74, 6) is 0. The summed E-state index contributed by atoms with van der Waals surface area (Å²) in [5, 5.41) is 1.27. The van der Waals surface area contributed by atoms with Crippen molar-refractivity contribution in [3.05, 3.63) is 29.2 Å². The van der Waals surface area contributed by atoms with Crippen LogP contribution in [0, 0.1) is 23.1 Å². The van der Waals surface area contributed by atoms with Crippen LogP contribution in [-0.2, 0) is 0 Å². The number of hydrogen-bond acceptors (Lipinski definition) is 0. The molecule has 0 nitrogen and oxygen atoms in total. The maximum atomic E-state index is 5.47. The lowest BCUT2D eigenvalue weighted by Gasteiger charge is -2.14. The molecule has 1 aliphatic rings. The van der Waals surface area contributed by atoms with Crippen molar-refractivity contribution < 1.29 is 0 Å². The van der Waals surface area contributed by atoms with Gasteiger partial charge in [0.2, 0.25) is 8.07 Å². The molecule has 1 aliphatic carbocycles. The molecule has 0 aliphatic heterocycles. The highest BCUT2D eigenvalue weighted by Crippen LogP contribution is 2.17. The Morgan fingerprint density at radius 3 is 2.33 bits per heavy atom. The number of rotatable bonds is 1. The number of allylic oxidation sites excluding steroid dienone is 3. The minimum Gasteiger partial charge on any atom is -0.131 e. The molecular weight excluding hydrogens is 212 g/mol. The zero-order chi connectivity index (χ0) is 11.5. The van der Waals surface area contributed by atoms with Gasteiger partial charge in [-0.05, 0) is 24.4 Å². The van der Waals surface area contributed by atoms with Gasteiger partial charge >= 0.3 is 0 Å². The van der Waals surface area contributed by atoms with E-state index in [1.807, 2.05) is 12.2 Å². The Morgan fingerprint density at radius 2 is 1.87 bits per heavy atom. The van der Waals surface area contributed by atoms with E-state index in [2.05, 4.69) is 54.6 Å². The first-order chi connectivity index (χ1) is 6.87. The summed E-state index contributed by atoms with van der Waals surface area (Å²) in [6.45, 7) is 8.71. The molecule has 0 atom stereocenters. The Bertz CT molecular complexity index is 453. The van der Waals surface area contributed by atoms with Gasteiger partial charge in [0, 0.05) is 0 Å². The first-order valence-electron chi connectivity index (χ1n) is 5.03. The lowest BCUT2D eigenvalue weighted by Crippen LogP contribution is -2.29. The van der Waals surface area contributed by atoms with E-state index >= 15 is 0 Å². The third-order valence-electron chi connectivity index (χ3n) is 2.32. The molecule has 0 aromatic rings. The first-order valence-corrected chi connectivity index (χ1v) is 11.0. The molecule has 0 N–H and O–H groups in total. The predicted octanol–water partition coefficient (Wildman–Crippen LogP) is 2.85. The van der Waals surface area contributed by atoms with Crippen LogP contribution < -0.4 is 0 Å². The normalized spacial score (nSPS) is 14.2. The Balaban J connectivity index is 2.96. The van der Waals surface area contributed by atoms with E-state index in [9.17, 15) is 0 Å². The Kier molecular flexibility index (Phi) is 3.27. The summed E-state index contributed by atoms with van der Waals surface area (Å²) in [5.41, 5.74) is 12.9. The van der Waals surface area contributed by atoms with Gasteiger partial charge < -0.3 is 0 Å². The van der Waals surface area contributed by atoms with Gasteiger partial charge in [0.15, 0.2) is 8.07 Å². The molecule has 0 amide bonds. The summed E-state index contributed by atoms with van der Waals surface area (Å²) >= 11 is 0. The van der Waals surface area contributed by atoms with E-state index in [0.717, 1.165) is 0 Å². The highest BCUT2D eigenvalue weighted by atomic mass is 28.3. The molecule has 0 saturated heterocycles. The molecule has 0 unspecified atom stereocenters. The monoisotopic (exact) mass is 228 g/mol. The fraction of sp³-hybridized carbons (Fsp3) is 0.308. The van der Waals surface area contributed by atoms with E-state index in [4.69, 9.17) is 6.42 Å². The van der Waals surface area contributed by atoms with Crippen LogP contribution in [0.3, 0.4) is 0 Å². The van der Waals surface area contributed by atoms with Crippen LogP contribution in [0.1, 0.15) is 0 Å². The summed E-state index contributed by atoms with van der Waals surface area (Å²) in [6, 6.07) is 0. The molecule has 0 aromatic carbocycles. The van der Waals surface area contributed by atoms with Crippen molar-refractivity contribution in [1.29, 1.82) is 0 Å². The molecule has 0 aromatic heterocycles. The second kappa shape index (κ2) is 4.13. The third-order valence-corrected chi connectivity index (χ3v) is 6.45. The van der Waals surface area contributed by atoms with Crippen molar-refractivity contribution in [3.63, 3.8) is 0 Å². The maximum Gasteiger partial charge on any atom is 0.209 e. The quantitative estimate of drug-likeness (QED) is 0.368. The third kappa shape index (κ3) is 3.15. The Hall–Kier alpha value is -1.19. The van der Waals surface area contributed by atoms with Crippen LogP contribution in [0.4, 0.5) is 0 Å². The van der Waals surface area contributed by atoms with Gasteiger partial charge in [0.25, 0.3) is 0 Å². The van der Waals surface area contributed by atoms with Crippen LogP contribution in [0.25, 0.3) is 0 Å². The SMILES string of the molecule is C#C[Si](C)(C)C#C[Si](C)(C)C1=C=CC=C1. The van der Waals surface area contributed by atoms with Crippen molar-refractivity contribution in [2.45, 2.75) is 26.2 Å². The van der Waals surface area contributed by atoms with Crippen molar-refractivity contribution in [3.8, 4) is 23.1 Å². The molecule has 0 bridgehead atoms. The molecular formula is C13H16Si2. The topological polar surface area (TPSA) is 0 Å². The summed E-state index contributed by atoms with van der Waals surface area (Å²) in [6.07, 6.45) is 11.6. The minimum absolute atomic E-state index is 1.27. The molecule has 2 heteroatoms. The largest absolute Gasteiger partial charge is 0.209 e. The van der Waals surface area contributed by atoms with Crippen LogP contribution in [0.5, 0.6) is 0 Å². The van der Waals surface area contributed by atoms with Gasteiger partial charge in [0.1, 0.15) is 0 Å².